The Morgan fingerprint density at radius 1 is 0.971 bits per heavy atom. The Hall–Kier alpha value is -3.72. The molecule has 1 aromatic carbocycles. The summed E-state index contributed by atoms with van der Waals surface area (Å²) >= 11 is 5.95. The second-order valence-electron chi connectivity index (χ2n) is 8.76. The maximum Gasteiger partial charge on any atom is 0.228 e. The average Bonchev–Trinajstić information content (AvgIpc) is 3.26. The predicted molar refractivity (Wildman–Crippen MR) is 135 cm³/mol. The highest BCUT2D eigenvalue weighted by Crippen LogP contribution is 2.28. The second-order valence-corrected chi connectivity index (χ2v) is 9.20. The van der Waals surface area contributed by atoms with Gasteiger partial charge >= 0.3 is 0 Å². The largest absolute Gasteiger partial charge is 0.352 e. The van der Waals surface area contributed by atoms with Gasteiger partial charge in [0.2, 0.25) is 11.8 Å². The van der Waals surface area contributed by atoms with Gasteiger partial charge in [-0.1, -0.05) is 17.7 Å². The Morgan fingerprint density at radius 3 is 2.43 bits per heavy atom. The van der Waals surface area contributed by atoms with Crippen LogP contribution in [-0.4, -0.2) is 64.6 Å². The van der Waals surface area contributed by atoms with Crippen LogP contribution in [0.4, 0.5) is 23.1 Å². The van der Waals surface area contributed by atoms with E-state index >= 15 is 0 Å². The monoisotopic (exact) mass is 491 g/mol. The molecule has 0 aliphatic carbocycles. The minimum Gasteiger partial charge on any atom is -0.352 e. The second kappa shape index (κ2) is 9.87. The summed E-state index contributed by atoms with van der Waals surface area (Å²) in [5.41, 5.74) is 1.70. The van der Waals surface area contributed by atoms with Crippen molar-refractivity contribution in [3.05, 3.63) is 65.3 Å². The molecule has 1 unspecified atom stereocenters. The van der Waals surface area contributed by atoms with Gasteiger partial charge in [0, 0.05) is 55.5 Å². The average molecular weight is 492 g/mol. The Kier molecular flexibility index (Phi) is 6.50. The number of benzene rings is 1. The van der Waals surface area contributed by atoms with E-state index in [4.69, 9.17) is 11.6 Å². The highest BCUT2D eigenvalue weighted by molar-refractivity contribution is 6.30. The molecule has 3 aromatic rings. The number of hydrogen-bond donors (Lipinski definition) is 1. The summed E-state index contributed by atoms with van der Waals surface area (Å²) in [5, 5.41) is 12.4. The Balaban J connectivity index is 1.15. The smallest absolute Gasteiger partial charge is 0.228 e. The zero-order chi connectivity index (χ0) is 24.4. The molecular weight excluding hydrogens is 466 g/mol. The Labute approximate surface area is 208 Å². The number of aromatic nitrogens is 3. The minimum absolute atomic E-state index is 0.0331. The number of nitrogens with one attached hydrogen (secondary N) is 1. The van der Waals surface area contributed by atoms with Crippen LogP contribution in [0.5, 0.6) is 0 Å². The number of piperazine rings is 1. The number of pyridine rings is 1. The van der Waals surface area contributed by atoms with Gasteiger partial charge in [-0.25, -0.2) is 4.98 Å². The SMILES string of the molecule is Cc1cccc(Nc2ccc(N3CCN(C(=O)C4CC(=O)N(c5ccc(Cl)cc5)C4)CC3)nn2)n1. The maximum atomic E-state index is 13.1. The number of carbonyl (C=O) groups excluding carboxylic acids is 2. The number of halogens is 1. The van der Waals surface area contributed by atoms with Crippen molar-refractivity contribution in [1.29, 1.82) is 0 Å². The predicted octanol–water partition coefficient (Wildman–Crippen LogP) is 3.28. The summed E-state index contributed by atoms with van der Waals surface area (Å²) in [4.78, 5) is 35.7. The first-order chi connectivity index (χ1) is 17.0. The fourth-order valence-electron chi connectivity index (χ4n) is 4.46. The van der Waals surface area contributed by atoms with Crippen LogP contribution in [0.25, 0.3) is 0 Å². The molecule has 9 nitrogen and oxygen atoms in total. The van der Waals surface area contributed by atoms with Gasteiger partial charge in [0.15, 0.2) is 11.6 Å². The molecule has 0 radical (unpaired) electrons. The number of aryl methyl sites for hydroxylation is 1. The lowest BCUT2D eigenvalue weighted by Crippen LogP contribution is -2.51. The fraction of sp³-hybridized carbons (Fsp3) is 0.320. The molecular formula is C25H26ClN7O2. The lowest BCUT2D eigenvalue weighted by atomic mass is 10.1. The van der Waals surface area contributed by atoms with Gasteiger partial charge in [0.25, 0.3) is 0 Å². The Morgan fingerprint density at radius 2 is 1.74 bits per heavy atom. The normalized spacial score (nSPS) is 18.2. The van der Waals surface area contributed by atoms with E-state index in [1.807, 2.05) is 54.3 Å². The standard InChI is InChI=1S/C25H26ClN7O2/c1-17-3-2-4-21(27-17)28-22-9-10-23(30-29-22)31-11-13-32(14-12-31)25(35)18-15-24(34)33(16-18)20-7-5-19(26)6-8-20/h2-10,18H,11-16H2,1H3,(H,27,28,29). The molecule has 10 heteroatoms. The molecule has 35 heavy (non-hydrogen) atoms. The molecule has 0 saturated carbocycles. The van der Waals surface area contributed by atoms with E-state index in [0.717, 1.165) is 23.0 Å². The molecule has 0 bridgehead atoms. The van der Waals surface area contributed by atoms with E-state index in [9.17, 15) is 9.59 Å². The summed E-state index contributed by atoms with van der Waals surface area (Å²) in [7, 11) is 0. The first-order valence-electron chi connectivity index (χ1n) is 11.6. The molecule has 2 amide bonds. The lowest BCUT2D eigenvalue weighted by Gasteiger charge is -2.36. The van der Waals surface area contributed by atoms with Crippen molar-refractivity contribution in [1.82, 2.24) is 20.1 Å². The molecule has 2 fully saturated rings. The highest BCUT2D eigenvalue weighted by atomic mass is 35.5. The number of hydrogen-bond acceptors (Lipinski definition) is 7. The van der Waals surface area contributed by atoms with Crippen molar-refractivity contribution >= 4 is 46.6 Å². The van der Waals surface area contributed by atoms with Crippen LogP contribution in [-0.2, 0) is 9.59 Å². The first-order valence-corrected chi connectivity index (χ1v) is 12.0. The van der Waals surface area contributed by atoms with Gasteiger partial charge in [0.05, 0.1) is 5.92 Å². The van der Waals surface area contributed by atoms with Crippen LogP contribution in [0.3, 0.4) is 0 Å². The van der Waals surface area contributed by atoms with Crippen LogP contribution < -0.4 is 15.1 Å². The van der Waals surface area contributed by atoms with Crippen LogP contribution >= 0.6 is 11.6 Å². The Bertz CT molecular complexity index is 1210. The van der Waals surface area contributed by atoms with E-state index in [0.29, 0.717) is 43.6 Å². The van der Waals surface area contributed by atoms with Crippen molar-refractivity contribution in [3.8, 4) is 0 Å². The molecule has 2 aliphatic rings. The van der Waals surface area contributed by atoms with Crippen LogP contribution in [0.15, 0.2) is 54.6 Å². The van der Waals surface area contributed by atoms with Gasteiger partial charge in [-0.05, 0) is 55.5 Å². The third kappa shape index (κ3) is 5.19. The summed E-state index contributed by atoms with van der Waals surface area (Å²) in [6, 6.07) is 16.7. The van der Waals surface area contributed by atoms with Crippen molar-refractivity contribution in [2.75, 3.05) is 47.8 Å². The summed E-state index contributed by atoms with van der Waals surface area (Å²) in [6.07, 6.45) is 0.234. The zero-order valence-electron chi connectivity index (χ0n) is 19.4. The number of anilines is 4. The molecule has 0 spiro atoms. The van der Waals surface area contributed by atoms with Gasteiger partial charge in [-0.3, -0.25) is 9.59 Å². The minimum atomic E-state index is -0.329. The maximum absolute atomic E-state index is 13.1. The molecule has 1 N–H and O–H groups in total. The molecule has 5 rings (SSSR count). The van der Waals surface area contributed by atoms with Crippen LogP contribution in [0.2, 0.25) is 5.02 Å². The van der Waals surface area contributed by atoms with E-state index < -0.39 is 0 Å². The van der Waals surface area contributed by atoms with Crippen molar-refractivity contribution < 1.29 is 9.59 Å². The molecule has 2 saturated heterocycles. The lowest BCUT2D eigenvalue weighted by molar-refractivity contribution is -0.136. The topological polar surface area (TPSA) is 94.6 Å². The van der Waals surface area contributed by atoms with E-state index in [1.165, 1.54) is 0 Å². The zero-order valence-corrected chi connectivity index (χ0v) is 20.1. The van der Waals surface area contributed by atoms with E-state index in [1.54, 1.807) is 17.0 Å². The first kappa shape index (κ1) is 23.0. The van der Waals surface area contributed by atoms with Gasteiger partial charge < -0.3 is 20.0 Å². The molecule has 180 valence electrons. The van der Waals surface area contributed by atoms with Crippen LogP contribution in [0.1, 0.15) is 12.1 Å². The summed E-state index contributed by atoms with van der Waals surface area (Å²) < 4.78 is 0. The van der Waals surface area contributed by atoms with Gasteiger partial charge in [-0.15, -0.1) is 10.2 Å². The van der Waals surface area contributed by atoms with Crippen LogP contribution in [0, 0.1) is 12.8 Å². The third-order valence-corrected chi connectivity index (χ3v) is 6.57. The summed E-state index contributed by atoms with van der Waals surface area (Å²) in [5.74, 6) is 1.78. The van der Waals surface area contributed by atoms with Gasteiger partial charge in [0.1, 0.15) is 5.82 Å². The number of amides is 2. The van der Waals surface area contributed by atoms with E-state index in [-0.39, 0.29) is 24.2 Å². The van der Waals surface area contributed by atoms with Crippen molar-refractivity contribution in [2.24, 2.45) is 5.92 Å². The van der Waals surface area contributed by atoms with Crippen molar-refractivity contribution in [3.63, 3.8) is 0 Å². The third-order valence-electron chi connectivity index (χ3n) is 6.32. The fourth-order valence-corrected chi connectivity index (χ4v) is 4.59. The number of nitrogens with zero attached hydrogens (tertiary/aromatic N) is 6. The summed E-state index contributed by atoms with van der Waals surface area (Å²) in [6.45, 7) is 4.82. The molecule has 1 atom stereocenters. The van der Waals surface area contributed by atoms with Gasteiger partial charge in [-0.2, -0.15) is 0 Å². The van der Waals surface area contributed by atoms with Crippen molar-refractivity contribution in [2.45, 2.75) is 13.3 Å². The quantitative estimate of drug-likeness (QED) is 0.585. The van der Waals surface area contributed by atoms with E-state index in [2.05, 4.69) is 25.4 Å². The highest BCUT2D eigenvalue weighted by Gasteiger charge is 2.38. The number of rotatable bonds is 5. The molecule has 4 heterocycles. The molecule has 2 aromatic heterocycles. The number of carbonyl (C=O) groups is 2. The molecule has 2 aliphatic heterocycles.